The van der Waals surface area contributed by atoms with Gasteiger partial charge in [-0.2, -0.15) is 0 Å². The van der Waals surface area contributed by atoms with Gasteiger partial charge in [-0.25, -0.2) is 9.18 Å². The van der Waals surface area contributed by atoms with Crippen molar-refractivity contribution in [1.82, 2.24) is 10.2 Å². The Labute approximate surface area is 133 Å². The van der Waals surface area contributed by atoms with Crippen LogP contribution >= 0.6 is 23.1 Å². The molecule has 0 fully saturated rings. The second-order valence-electron chi connectivity index (χ2n) is 3.82. The van der Waals surface area contributed by atoms with E-state index in [1.807, 2.05) is 0 Å². The lowest BCUT2D eigenvalue weighted by molar-refractivity contribution is -0.137. The number of esters is 1. The number of anilines is 2. The number of nitrogens with zero attached hydrogens (tertiary/aromatic N) is 2. The van der Waals surface area contributed by atoms with Gasteiger partial charge in [0.25, 0.3) is 0 Å². The number of carbonyl (C=O) groups is 2. The molecule has 0 atom stereocenters. The van der Waals surface area contributed by atoms with E-state index in [0.29, 0.717) is 10.0 Å². The van der Waals surface area contributed by atoms with Crippen molar-refractivity contribution in [3.05, 3.63) is 30.1 Å². The summed E-state index contributed by atoms with van der Waals surface area (Å²) >= 11 is 2.29. The molecule has 116 valence electrons. The summed E-state index contributed by atoms with van der Waals surface area (Å²) in [6.07, 6.45) is 0. The molecule has 0 spiro atoms. The summed E-state index contributed by atoms with van der Waals surface area (Å²) in [7, 11) is 1.30. The Kier molecular flexibility index (Phi) is 5.67. The van der Waals surface area contributed by atoms with Gasteiger partial charge in [-0.05, 0) is 24.3 Å². The number of carbonyl (C=O) groups excluding carboxylic acids is 2. The van der Waals surface area contributed by atoms with Crippen molar-refractivity contribution in [1.29, 1.82) is 0 Å². The Hall–Kier alpha value is -2.20. The van der Waals surface area contributed by atoms with E-state index in [-0.39, 0.29) is 22.7 Å². The minimum Gasteiger partial charge on any atom is -0.468 e. The zero-order valence-electron chi connectivity index (χ0n) is 11.3. The maximum Gasteiger partial charge on any atom is 0.325 e. The van der Waals surface area contributed by atoms with Crippen LogP contribution in [0.25, 0.3) is 0 Å². The van der Waals surface area contributed by atoms with Crippen molar-refractivity contribution >= 4 is 45.9 Å². The number of benzene rings is 1. The molecular weight excluding hydrogens is 331 g/mol. The van der Waals surface area contributed by atoms with Crippen LogP contribution in [0.1, 0.15) is 0 Å². The third-order valence-electron chi connectivity index (χ3n) is 2.27. The minimum atomic E-state index is -0.521. The van der Waals surface area contributed by atoms with E-state index in [1.54, 1.807) is 0 Å². The molecule has 7 nitrogen and oxygen atoms in total. The van der Waals surface area contributed by atoms with Crippen LogP contribution in [0.15, 0.2) is 28.6 Å². The Morgan fingerprint density at radius 3 is 2.68 bits per heavy atom. The van der Waals surface area contributed by atoms with Crippen molar-refractivity contribution in [2.45, 2.75) is 4.34 Å². The number of ether oxygens (including phenoxy) is 1. The quantitative estimate of drug-likeness (QED) is 0.493. The summed E-state index contributed by atoms with van der Waals surface area (Å²) in [6.45, 7) is 0. The average molecular weight is 342 g/mol. The lowest BCUT2D eigenvalue weighted by atomic mass is 10.3. The van der Waals surface area contributed by atoms with Crippen LogP contribution in [0.2, 0.25) is 0 Å². The first-order valence-corrected chi connectivity index (χ1v) is 7.73. The fourth-order valence-corrected chi connectivity index (χ4v) is 2.87. The summed E-state index contributed by atoms with van der Waals surface area (Å²) in [5.74, 6) is -0.640. The monoisotopic (exact) mass is 342 g/mol. The molecule has 0 aliphatic carbocycles. The van der Waals surface area contributed by atoms with Crippen molar-refractivity contribution in [2.75, 3.05) is 23.5 Å². The van der Waals surface area contributed by atoms with Gasteiger partial charge in [0, 0.05) is 5.69 Å². The number of rotatable bonds is 5. The molecule has 1 aromatic heterocycles. The lowest BCUT2D eigenvalue weighted by Gasteiger charge is -2.04. The Balaban J connectivity index is 1.85. The molecule has 0 saturated heterocycles. The molecule has 0 aliphatic rings. The highest BCUT2D eigenvalue weighted by Gasteiger charge is 2.10. The minimum absolute atomic E-state index is 0.118. The number of aromatic nitrogens is 2. The summed E-state index contributed by atoms with van der Waals surface area (Å²) in [4.78, 5) is 22.7. The van der Waals surface area contributed by atoms with Gasteiger partial charge in [0.1, 0.15) is 5.82 Å². The molecule has 0 bridgehead atoms. The number of methoxy groups -OCH3 is 1. The van der Waals surface area contributed by atoms with Crippen molar-refractivity contribution in [3.63, 3.8) is 0 Å². The van der Waals surface area contributed by atoms with Gasteiger partial charge in [0.05, 0.1) is 12.9 Å². The predicted octanol–water partition coefficient (Wildman–Crippen LogP) is 2.59. The first kappa shape index (κ1) is 16.2. The van der Waals surface area contributed by atoms with E-state index in [1.165, 1.54) is 31.4 Å². The van der Waals surface area contributed by atoms with E-state index in [2.05, 4.69) is 25.6 Å². The lowest BCUT2D eigenvalue weighted by Crippen LogP contribution is -2.19. The summed E-state index contributed by atoms with van der Waals surface area (Å²) < 4.78 is 17.8. The van der Waals surface area contributed by atoms with Crippen LogP contribution in [0, 0.1) is 5.82 Å². The molecule has 0 unspecified atom stereocenters. The first-order valence-electron chi connectivity index (χ1n) is 5.93. The highest BCUT2D eigenvalue weighted by atomic mass is 32.2. The highest BCUT2D eigenvalue weighted by Crippen LogP contribution is 2.25. The molecule has 2 N–H and O–H groups in total. The van der Waals surface area contributed by atoms with Crippen molar-refractivity contribution in [2.24, 2.45) is 0 Å². The van der Waals surface area contributed by atoms with Gasteiger partial charge in [-0.3, -0.25) is 10.1 Å². The molecule has 1 aromatic carbocycles. The number of hydrogen-bond acceptors (Lipinski definition) is 7. The van der Waals surface area contributed by atoms with Crippen LogP contribution in [0.5, 0.6) is 0 Å². The molecular formula is C12H11FN4O3S2. The van der Waals surface area contributed by atoms with Crippen molar-refractivity contribution in [3.8, 4) is 0 Å². The molecule has 22 heavy (non-hydrogen) atoms. The molecule has 2 aromatic rings. The van der Waals surface area contributed by atoms with Crippen LogP contribution in [0.4, 0.5) is 20.0 Å². The topological polar surface area (TPSA) is 93.2 Å². The number of nitrogens with one attached hydrogen (secondary N) is 2. The first-order chi connectivity index (χ1) is 10.6. The fraction of sp³-hybridized carbons (Fsp3) is 0.167. The molecule has 10 heteroatoms. The molecule has 0 radical (unpaired) electrons. The molecule has 2 amide bonds. The maximum atomic E-state index is 12.7. The summed E-state index contributed by atoms with van der Waals surface area (Å²) in [5, 5.41) is 12.9. The zero-order valence-corrected chi connectivity index (χ0v) is 13.0. The molecule has 2 rings (SSSR count). The maximum absolute atomic E-state index is 12.7. The molecule has 0 aliphatic heterocycles. The van der Waals surface area contributed by atoms with Crippen LogP contribution in [-0.2, 0) is 9.53 Å². The van der Waals surface area contributed by atoms with Gasteiger partial charge in [-0.1, -0.05) is 23.1 Å². The third-order valence-corrected chi connectivity index (χ3v) is 4.22. The standard InChI is InChI=1S/C12H11FN4O3S2/c1-20-9(18)6-21-12-17-16-11(22-12)15-10(19)14-8-4-2-7(13)3-5-8/h2-5H,6H2,1H3,(H2,14,15,16,19). The molecule has 1 heterocycles. The number of thioether (sulfide) groups is 1. The summed E-state index contributed by atoms with van der Waals surface area (Å²) in [6, 6.07) is 4.83. The number of urea groups is 1. The number of halogens is 1. The second-order valence-corrected chi connectivity index (χ2v) is 6.02. The van der Waals surface area contributed by atoms with Crippen LogP contribution in [0.3, 0.4) is 0 Å². The second kappa shape index (κ2) is 7.71. The molecule has 0 saturated carbocycles. The van der Waals surface area contributed by atoms with Gasteiger partial charge in [0.15, 0.2) is 4.34 Å². The van der Waals surface area contributed by atoms with Gasteiger partial charge in [0.2, 0.25) is 5.13 Å². The Bertz CT molecular complexity index is 663. The van der Waals surface area contributed by atoms with Crippen LogP contribution < -0.4 is 10.6 Å². The summed E-state index contributed by atoms with van der Waals surface area (Å²) in [5.41, 5.74) is 0.448. The van der Waals surface area contributed by atoms with E-state index in [9.17, 15) is 14.0 Å². The van der Waals surface area contributed by atoms with Gasteiger partial charge in [-0.15, -0.1) is 10.2 Å². The van der Waals surface area contributed by atoms with Crippen molar-refractivity contribution < 1.29 is 18.7 Å². The van der Waals surface area contributed by atoms with E-state index >= 15 is 0 Å². The largest absolute Gasteiger partial charge is 0.468 e. The van der Waals surface area contributed by atoms with Gasteiger partial charge < -0.3 is 10.1 Å². The highest BCUT2D eigenvalue weighted by molar-refractivity contribution is 8.01. The Morgan fingerprint density at radius 2 is 2.00 bits per heavy atom. The third kappa shape index (κ3) is 4.97. The van der Waals surface area contributed by atoms with Gasteiger partial charge >= 0.3 is 12.0 Å². The Morgan fingerprint density at radius 1 is 1.27 bits per heavy atom. The van der Waals surface area contributed by atoms with E-state index in [4.69, 9.17) is 0 Å². The fourth-order valence-electron chi connectivity index (χ4n) is 1.29. The average Bonchev–Trinajstić information content (AvgIpc) is 2.94. The SMILES string of the molecule is COC(=O)CSc1nnc(NC(=O)Nc2ccc(F)cc2)s1. The number of hydrogen-bond donors (Lipinski definition) is 2. The van der Waals surface area contributed by atoms with E-state index in [0.717, 1.165) is 23.1 Å². The predicted molar refractivity (Wildman–Crippen MR) is 81.7 cm³/mol. The smallest absolute Gasteiger partial charge is 0.325 e. The van der Waals surface area contributed by atoms with Crippen LogP contribution in [-0.4, -0.2) is 35.1 Å². The zero-order chi connectivity index (χ0) is 15.9. The number of amides is 2. The normalized spacial score (nSPS) is 10.1. The van der Waals surface area contributed by atoms with E-state index < -0.39 is 6.03 Å².